The maximum absolute atomic E-state index is 12.7. The van der Waals surface area contributed by atoms with Gasteiger partial charge >= 0.3 is 0 Å². The van der Waals surface area contributed by atoms with Crippen molar-refractivity contribution in [1.82, 2.24) is 0 Å². The number of ketones is 1. The fourth-order valence-electron chi connectivity index (χ4n) is 2.11. The average molecular weight is 223 g/mol. The summed E-state index contributed by atoms with van der Waals surface area (Å²) in [7, 11) is 0. The molecule has 1 radical (unpaired) electrons. The Bertz CT molecular complexity index is 401. The molecule has 0 aromatic heterocycles. The molecule has 0 spiro atoms. The first kappa shape index (κ1) is 11.2. The van der Waals surface area contributed by atoms with E-state index >= 15 is 0 Å². The van der Waals surface area contributed by atoms with Gasteiger partial charge in [-0.15, -0.1) is 0 Å². The fourth-order valence-corrected chi connectivity index (χ4v) is 2.11. The first-order chi connectivity index (χ1) is 7.52. The van der Waals surface area contributed by atoms with Crippen molar-refractivity contribution >= 4 is 5.78 Å². The van der Waals surface area contributed by atoms with Crippen LogP contribution in [0.25, 0.3) is 0 Å². The third kappa shape index (κ3) is 1.64. The molecule has 1 fully saturated rings. The summed E-state index contributed by atoms with van der Waals surface area (Å²) in [5.41, 5.74) is 0.610. The lowest BCUT2D eigenvalue weighted by molar-refractivity contribution is -0.131. The van der Waals surface area contributed by atoms with Crippen molar-refractivity contribution in [3.8, 4) is 0 Å². The number of halogens is 1. The lowest BCUT2D eigenvalue weighted by atomic mass is 9.88. The highest BCUT2D eigenvalue weighted by molar-refractivity contribution is 5.91. The van der Waals surface area contributed by atoms with Gasteiger partial charge in [0.15, 0.2) is 5.78 Å². The monoisotopic (exact) mass is 223 g/mol. The summed E-state index contributed by atoms with van der Waals surface area (Å²) in [6.45, 7) is 3.68. The van der Waals surface area contributed by atoms with Gasteiger partial charge in [0.25, 0.3) is 0 Å². The van der Waals surface area contributed by atoms with Gasteiger partial charge in [-0.3, -0.25) is 4.79 Å². The van der Waals surface area contributed by atoms with Gasteiger partial charge in [-0.2, -0.15) is 0 Å². The van der Waals surface area contributed by atoms with Crippen LogP contribution >= 0.6 is 0 Å². The van der Waals surface area contributed by atoms with Crippen LogP contribution in [0.1, 0.15) is 11.5 Å². The van der Waals surface area contributed by atoms with Crippen LogP contribution in [0.2, 0.25) is 0 Å². The van der Waals surface area contributed by atoms with E-state index in [1.54, 1.807) is 0 Å². The number of carbonyl (C=O) groups excluding carboxylic acids is 1. The van der Waals surface area contributed by atoms with E-state index in [4.69, 9.17) is 0 Å². The standard InChI is InChI=1S/C12H12FO3/c1-6-9(11(15)12(16)10(6)14)7-2-4-8(13)5-3-7/h2-6,9-11,14-15H,1H2. The lowest BCUT2D eigenvalue weighted by Crippen LogP contribution is -2.24. The summed E-state index contributed by atoms with van der Waals surface area (Å²) < 4.78 is 12.7. The second kappa shape index (κ2) is 3.96. The van der Waals surface area contributed by atoms with Gasteiger partial charge in [0.05, 0.1) is 0 Å². The Balaban J connectivity index is 2.34. The molecule has 2 rings (SSSR count). The van der Waals surface area contributed by atoms with Crippen LogP contribution in [0.5, 0.6) is 0 Å². The highest BCUT2D eigenvalue weighted by Gasteiger charge is 2.46. The van der Waals surface area contributed by atoms with Crippen molar-refractivity contribution in [3.05, 3.63) is 42.6 Å². The van der Waals surface area contributed by atoms with Crippen molar-refractivity contribution < 1.29 is 19.4 Å². The van der Waals surface area contributed by atoms with Crippen molar-refractivity contribution in [2.75, 3.05) is 0 Å². The number of rotatable bonds is 1. The summed E-state index contributed by atoms with van der Waals surface area (Å²) >= 11 is 0. The normalized spacial score (nSPS) is 34.4. The largest absolute Gasteiger partial charge is 0.385 e. The summed E-state index contributed by atoms with van der Waals surface area (Å²) in [4.78, 5) is 11.4. The SMILES string of the molecule is [CH2]C1C(O)C(=O)C(O)C1c1ccc(F)cc1. The quantitative estimate of drug-likeness (QED) is 0.735. The molecule has 1 aromatic carbocycles. The molecule has 3 nitrogen and oxygen atoms in total. The molecule has 1 saturated carbocycles. The molecule has 4 heteroatoms. The summed E-state index contributed by atoms with van der Waals surface area (Å²) in [5, 5.41) is 19.2. The van der Waals surface area contributed by atoms with Crippen molar-refractivity contribution in [2.24, 2.45) is 5.92 Å². The molecule has 85 valence electrons. The molecular formula is C12H12FO3. The maximum Gasteiger partial charge on any atom is 0.190 e. The minimum Gasteiger partial charge on any atom is -0.385 e. The van der Waals surface area contributed by atoms with Crippen molar-refractivity contribution in [1.29, 1.82) is 0 Å². The number of hydrogen-bond acceptors (Lipinski definition) is 3. The van der Waals surface area contributed by atoms with Gasteiger partial charge < -0.3 is 10.2 Å². The smallest absolute Gasteiger partial charge is 0.190 e. The van der Waals surface area contributed by atoms with E-state index in [-0.39, 0.29) is 5.82 Å². The Labute approximate surface area is 92.5 Å². The zero-order chi connectivity index (χ0) is 11.9. The number of Topliss-reactive ketones (excluding diaryl/α,β-unsaturated/α-hetero) is 1. The molecule has 1 aromatic rings. The van der Waals surface area contributed by atoms with E-state index in [9.17, 15) is 19.4 Å². The predicted octanol–water partition coefficient (Wildman–Crippen LogP) is 0.664. The number of carbonyl (C=O) groups is 1. The molecule has 16 heavy (non-hydrogen) atoms. The number of hydrogen-bond donors (Lipinski definition) is 2. The number of aliphatic hydroxyl groups is 2. The molecule has 2 N–H and O–H groups in total. The van der Waals surface area contributed by atoms with E-state index in [0.717, 1.165) is 0 Å². The number of aliphatic hydroxyl groups excluding tert-OH is 2. The molecule has 0 amide bonds. The Morgan fingerprint density at radius 2 is 1.69 bits per heavy atom. The minimum atomic E-state index is -1.26. The van der Waals surface area contributed by atoms with Crippen LogP contribution in [-0.4, -0.2) is 28.2 Å². The second-order valence-corrected chi connectivity index (χ2v) is 4.03. The van der Waals surface area contributed by atoms with Crippen molar-refractivity contribution in [2.45, 2.75) is 18.1 Å². The van der Waals surface area contributed by atoms with E-state index < -0.39 is 29.8 Å². The Kier molecular flexibility index (Phi) is 2.78. The zero-order valence-corrected chi connectivity index (χ0v) is 8.51. The Morgan fingerprint density at radius 3 is 2.12 bits per heavy atom. The molecule has 0 aliphatic heterocycles. The number of benzene rings is 1. The van der Waals surface area contributed by atoms with Crippen LogP contribution in [0.3, 0.4) is 0 Å². The first-order valence-corrected chi connectivity index (χ1v) is 5.01. The summed E-state index contributed by atoms with van der Waals surface area (Å²) in [6, 6.07) is 5.49. The Hall–Kier alpha value is -1.26. The van der Waals surface area contributed by atoms with Crippen LogP contribution in [0, 0.1) is 18.7 Å². The van der Waals surface area contributed by atoms with Gasteiger partial charge in [-0.1, -0.05) is 12.1 Å². The van der Waals surface area contributed by atoms with Crippen LogP contribution < -0.4 is 0 Å². The summed E-state index contributed by atoms with van der Waals surface area (Å²) in [5.74, 6) is -2.17. The first-order valence-electron chi connectivity index (χ1n) is 5.01. The topological polar surface area (TPSA) is 57.5 Å². The molecular weight excluding hydrogens is 211 g/mol. The molecule has 1 aliphatic rings. The lowest BCUT2D eigenvalue weighted by Gasteiger charge is -2.18. The third-order valence-corrected chi connectivity index (χ3v) is 3.04. The van der Waals surface area contributed by atoms with Gasteiger partial charge in [-0.25, -0.2) is 4.39 Å². The van der Waals surface area contributed by atoms with E-state index in [2.05, 4.69) is 6.92 Å². The Morgan fingerprint density at radius 1 is 1.12 bits per heavy atom. The molecule has 4 atom stereocenters. The van der Waals surface area contributed by atoms with Crippen molar-refractivity contribution in [3.63, 3.8) is 0 Å². The van der Waals surface area contributed by atoms with Gasteiger partial charge in [0.2, 0.25) is 0 Å². The molecule has 0 saturated heterocycles. The third-order valence-electron chi connectivity index (χ3n) is 3.04. The van der Waals surface area contributed by atoms with E-state index in [1.165, 1.54) is 24.3 Å². The second-order valence-electron chi connectivity index (χ2n) is 4.03. The molecule has 1 aliphatic carbocycles. The van der Waals surface area contributed by atoms with Crippen LogP contribution in [0.4, 0.5) is 4.39 Å². The van der Waals surface area contributed by atoms with Gasteiger partial charge in [0.1, 0.15) is 18.0 Å². The molecule has 0 heterocycles. The van der Waals surface area contributed by atoms with Crippen LogP contribution in [0.15, 0.2) is 24.3 Å². The van der Waals surface area contributed by atoms with Crippen LogP contribution in [-0.2, 0) is 4.79 Å². The highest BCUT2D eigenvalue weighted by Crippen LogP contribution is 2.37. The van der Waals surface area contributed by atoms with Gasteiger partial charge in [-0.05, 0) is 24.6 Å². The predicted molar refractivity (Wildman–Crippen MR) is 55.0 cm³/mol. The minimum absolute atomic E-state index is 0.385. The average Bonchev–Trinajstić information content (AvgIpc) is 2.46. The zero-order valence-electron chi connectivity index (χ0n) is 8.51. The highest BCUT2D eigenvalue weighted by atomic mass is 19.1. The van der Waals surface area contributed by atoms with E-state index in [0.29, 0.717) is 5.56 Å². The maximum atomic E-state index is 12.7. The fraction of sp³-hybridized carbons (Fsp3) is 0.333. The molecule has 4 unspecified atom stereocenters. The van der Waals surface area contributed by atoms with E-state index in [1.807, 2.05) is 0 Å². The van der Waals surface area contributed by atoms with Gasteiger partial charge in [0, 0.05) is 11.8 Å². The molecule has 0 bridgehead atoms. The summed E-state index contributed by atoms with van der Waals surface area (Å²) in [6.07, 6.45) is -2.51.